The monoisotopic (exact) mass is 373 g/mol. The van der Waals surface area contributed by atoms with Crippen LogP contribution in [0.25, 0.3) is 0 Å². The van der Waals surface area contributed by atoms with Crippen molar-refractivity contribution >= 4 is 5.69 Å². The summed E-state index contributed by atoms with van der Waals surface area (Å²) in [6.07, 6.45) is 3.13. The quantitative estimate of drug-likeness (QED) is 0.872. The molecular weight excluding hydrogens is 345 g/mol. The van der Waals surface area contributed by atoms with E-state index in [-0.39, 0.29) is 18.3 Å². The maximum atomic E-state index is 14.1. The fourth-order valence-electron chi connectivity index (χ4n) is 5.20. The molecule has 6 heteroatoms. The summed E-state index contributed by atoms with van der Waals surface area (Å²) in [5, 5.41) is 14.8. The molecule has 1 saturated heterocycles. The van der Waals surface area contributed by atoms with E-state index in [1.165, 1.54) is 18.9 Å². The van der Waals surface area contributed by atoms with Crippen LogP contribution < -0.4 is 4.90 Å². The zero-order valence-corrected chi connectivity index (χ0v) is 16.3. The molecule has 0 radical (unpaired) electrons. The number of anilines is 1. The number of aryl methyl sites for hydroxylation is 2. The topological polar surface area (TPSA) is 52.7 Å². The highest BCUT2D eigenvalue weighted by molar-refractivity contribution is 5.67. The second-order valence-corrected chi connectivity index (χ2v) is 7.82. The minimum absolute atomic E-state index is 0.0532. The molecule has 2 aliphatic heterocycles. The highest BCUT2D eigenvalue weighted by Gasteiger charge is 2.54. The van der Waals surface area contributed by atoms with Gasteiger partial charge in [0.2, 0.25) is 0 Å². The molecule has 1 aromatic carbocycles. The highest BCUT2D eigenvalue weighted by Crippen LogP contribution is 2.54. The van der Waals surface area contributed by atoms with Gasteiger partial charge in [-0.15, -0.1) is 0 Å². The van der Waals surface area contributed by atoms with Gasteiger partial charge in [-0.05, 0) is 63.0 Å². The molecule has 3 heterocycles. The lowest BCUT2D eigenvalue weighted by molar-refractivity contribution is 0.164. The van der Waals surface area contributed by atoms with Crippen molar-refractivity contribution in [1.82, 2.24) is 10.1 Å². The van der Waals surface area contributed by atoms with Gasteiger partial charge in [0.1, 0.15) is 11.6 Å². The van der Waals surface area contributed by atoms with E-state index < -0.39 is 5.54 Å². The predicted molar refractivity (Wildman–Crippen MR) is 103 cm³/mol. The van der Waals surface area contributed by atoms with Crippen LogP contribution in [0.15, 0.2) is 22.7 Å². The van der Waals surface area contributed by atoms with Gasteiger partial charge in [0, 0.05) is 30.8 Å². The number of benzene rings is 1. The fraction of sp³-hybridized carbons (Fsp3) is 0.571. The minimum atomic E-state index is -0.523. The van der Waals surface area contributed by atoms with Gasteiger partial charge in [0.25, 0.3) is 0 Å². The summed E-state index contributed by atoms with van der Waals surface area (Å²) in [7, 11) is 2.05. The van der Waals surface area contributed by atoms with Crippen molar-refractivity contribution in [2.75, 3.05) is 38.2 Å². The molecule has 0 aliphatic carbocycles. The van der Waals surface area contributed by atoms with E-state index in [1.807, 2.05) is 20.0 Å². The van der Waals surface area contributed by atoms with Crippen LogP contribution in [0.4, 0.5) is 10.1 Å². The predicted octanol–water partition coefficient (Wildman–Crippen LogP) is 3.20. The molecule has 0 amide bonds. The Labute approximate surface area is 159 Å². The lowest BCUT2D eigenvalue weighted by Gasteiger charge is -2.44. The molecule has 2 aromatic rings. The maximum absolute atomic E-state index is 14.1. The number of aliphatic hydroxyl groups excluding tert-OH is 1. The number of nitrogens with zero attached hydrogens (tertiary/aromatic N) is 3. The lowest BCUT2D eigenvalue weighted by atomic mass is 9.75. The van der Waals surface area contributed by atoms with E-state index in [9.17, 15) is 9.50 Å². The first-order chi connectivity index (χ1) is 13.0. The van der Waals surface area contributed by atoms with Crippen LogP contribution in [0.3, 0.4) is 0 Å². The van der Waals surface area contributed by atoms with Gasteiger partial charge in [-0.25, -0.2) is 4.39 Å². The van der Waals surface area contributed by atoms with Crippen molar-refractivity contribution in [1.29, 1.82) is 0 Å². The molecule has 1 aromatic heterocycles. The third kappa shape index (κ3) is 2.69. The Morgan fingerprint density at radius 3 is 2.74 bits per heavy atom. The first-order valence-electron chi connectivity index (χ1n) is 9.85. The summed E-state index contributed by atoms with van der Waals surface area (Å²) in [5.74, 6) is 0.275. The Bertz CT molecular complexity index is 831. The number of hydrogen-bond donors (Lipinski definition) is 1. The average molecular weight is 373 g/mol. The molecule has 4 rings (SSSR count). The highest BCUT2D eigenvalue weighted by atomic mass is 19.1. The van der Waals surface area contributed by atoms with Crippen LogP contribution in [0.1, 0.15) is 48.3 Å². The number of likely N-dealkylation sites (N-methyl/N-ethyl adjacent to an activating group) is 1. The molecule has 146 valence electrons. The molecule has 2 atom stereocenters. The Hall–Kier alpha value is -1.92. The smallest absolute Gasteiger partial charge is 0.139 e. The summed E-state index contributed by atoms with van der Waals surface area (Å²) < 4.78 is 19.7. The molecule has 0 bridgehead atoms. The largest absolute Gasteiger partial charge is 0.396 e. The molecule has 1 N–H and O–H groups in total. The first-order valence-corrected chi connectivity index (χ1v) is 9.85. The first kappa shape index (κ1) is 18.4. The van der Waals surface area contributed by atoms with E-state index in [1.54, 1.807) is 6.07 Å². The zero-order chi connectivity index (χ0) is 19.2. The molecule has 0 saturated carbocycles. The van der Waals surface area contributed by atoms with Gasteiger partial charge in [-0.1, -0.05) is 12.1 Å². The summed E-state index contributed by atoms with van der Waals surface area (Å²) in [6.45, 7) is 6.82. The van der Waals surface area contributed by atoms with E-state index in [0.717, 1.165) is 54.3 Å². The molecule has 2 unspecified atom stereocenters. The Morgan fingerprint density at radius 2 is 2.07 bits per heavy atom. The van der Waals surface area contributed by atoms with Crippen molar-refractivity contribution in [3.63, 3.8) is 0 Å². The van der Waals surface area contributed by atoms with Gasteiger partial charge in [0.05, 0.1) is 17.8 Å². The molecule has 5 nitrogen and oxygen atoms in total. The minimum Gasteiger partial charge on any atom is -0.396 e. The van der Waals surface area contributed by atoms with Crippen LogP contribution in [-0.4, -0.2) is 48.5 Å². The number of fused-ring (bicyclic) bond motifs is 1. The van der Waals surface area contributed by atoms with E-state index in [0.29, 0.717) is 0 Å². The van der Waals surface area contributed by atoms with Crippen LogP contribution >= 0.6 is 0 Å². The number of aliphatic hydroxyl groups is 1. The van der Waals surface area contributed by atoms with Crippen molar-refractivity contribution in [3.05, 3.63) is 46.6 Å². The van der Waals surface area contributed by atoms with Crippen LogP contribution in [-0.2, 0) is 12.0 Å². The number of rotatable bonds is 5. The summed E-state index contributed by atoms with van der Waals surface area (Å²) >= 11 is 0. The third-order valence-corrected chi connectivity index (χ3v) is 6.45. The summed E-state index contributed by atoms with van der Waals surface area (Å²) in [4.78, 5) is 4.67. The van der Waals surface area contributed by atoms with Crippen molar-refractivity contribution < 1.29 is 14.0 Å². The second kappa shape index (κ2) is 6.91. The number of halogens is 1. The normalized spacial score (nSPS) is 25.4. The van der Waals surface area contributed by atoms with Gasteiger partial charge in [-0.3, -0.25) is 0 Å². The summed E-state index contributed by atoms with van der Waals surface area (Å²) in [5.41, 5.74) is 3.28. The van der Waals surface area contributed by atoms with E-state index >= 15 is 0 Å². The maximum Gasteiger partial charge on any atom is 0.139 e. The number of likely N-dealkylation sites (tertiary alicyclic amines) is 1. The molecule has 2 aliphatic rings. The van der Waals surface area contributed by atoms with Crippen LogP contribution in [0, 0.1) is 12.7 Å². The van der Waals surface area contributed by atoms with Gasteiger partial charge in [-0.2, -0.15) is 0 Å². The lowest BCUT2D eigenvalue weighted by Crippen LogP contribution is -2.53. The van der Waals surface area contributed by atoms with Crippen LogP contribution in [0.5, 0.6) is 0 Å². The van der Waals surface area contributed by atoms with Gasteiger partial charge in [0.15, 0.2) is 0 Å². The third-order valence-electron chi connectivity index (χ3n) is 6.45. The number of hydrogen-bond acceptors (Lipinski definition) is 5. The Balaban J connectivity index is 1.93. The van der Waals surface area contributed by atoms with E-state index in [4.69, 9.17) is 4.52 Å². The Kier molecular flexibility index (Phi) is 4.72. The van der Waals surface area contributed by atoms with Crippen molar-refractivity contribution in [2.45, 2.75) is 44.6 Å². The summed E-state index contributed by atoms with van der Waals surface area (Å²) in [6, 6.07) is 4.90. The Morgan fingerprint density at radius 1 is 1.33 bits per heavy atom. The van der Waals surface area contributed by atoms with Crippen LogP contribution in [0.2, 0.25) is 0 Å². The second-order valence-electron chi connectivity index (χ2n) is 7.82. The van der Waals surface area contributed by atoms with Crippen molar-refractivity contribution in [3.8, 4) is 0 Å². The number of aromatic nitrogens is 1. The van der Waals surface area contributed by atoms with Gasteiger partial charge >= 0.3 is 0 Å². The van der Waals surface area contributed by atoms with E-state index in [2.05, 4.69) is 21.9 Å². The molecule has 0 spiro atoms. The molecule has 27 heavy (non-hydrogen) atoms. The van der Waals surface area contributed by atoms with Crippen molar-refractivity contribution in [2.24, 2.45) is 0 Å². The molecule has 1 fully saturated rings. The van der Waals surface area contributed by atoms with Gasteiger partial charge < -0.3 is 19.4 Å². The zero-order valence-electron chi connectivity index (χ0n) is 16.3. The average Bonchev–Trinajstić information content (AvgIpc) is 3.34. The molecular formula is C21H28FN3O2. The SMILES string of the molecule is CCc1noc(C)c1C1(CN2CCCC2)C(CO)c2cc(F)ccc2N1C. The fourth-order valence-corrected chi connectivity index (χ4v) is 5.20. The standard InChI is InChI=1S/C21H28FN3O2/c1-4-18-20(14(2)27-23-18)21(13-25-9-5-6-10-25)17(12-26)16-11-15(22)7-8-19(16)24(21)3/h7-8,11,17,26H,4-6,9-10,12-13H2,1-3H3.